The number of carbonyl (C=O) groups is 6. The molecule has 2 N–H and O–H groups in total. The smallest absolute Gasteiger partial charge is 0.408 e. The summed E-state index contributed by atoms with van der Waals surface area (Å²) in [7, 11) is 0. The summed E-state index contributed by atoms with van der Waals surface area (Å²) < 4.78 is 43.4. The second-order valence-electron chi connectivity index (χ2n) is 20.2. The van der Waals surface area contributed by atoms with Crippen LogP contribution in [0.15, 0.2) is 84.0 Å². The van der Waals surface area contributed by atoms with Crippen molar-refractivity contribution >= 4 is 35.9 Å². The van der Waals surface area contributed by atoms with Gasteiger partial charge in [-0.2, -0.15) is 0 Å². The Morgan fingerprint density at radius 3 is 2.11 bits per heavy atom. The van der Waals surface area contributed by atoms with Crippen LogP contribution in [0.5, 0.6) is 0 Å². The summed E-state index contributed by atoms with van der Waals surface area (Å²) in [5, 5.41) is 16.9. The molecule has 2 bridgehead atoms. The third-order valence-electron chi connectivity index (χ3n) is 15.0. The fourth-order valence-corrected chi connectivity index (χ4v) is 11.8. The average molecular weight is 914 g/mol. The topological polar surface area (TPSA) is 199 Å². The van der Waals surface area contributed by atoms with Crippen molar-refractivity contribution in [2.45, 2.75) is 142 Å². The number of aliphatic hydroxyl groups is 1. The van der Waals surface area contributed by atoms with Crippen molar-refractivity contribution in [1.82, 2.24) is 5.32 Å². The van der Waals surface area contributed by atoms with E-state index in [0.717, 1.165) is 0 Å². The van der Waals surface area contributed by atoms with Crippen molar-refractivity contribution in [3.8, 4) is 0 Å². The summed E-state index contributed by atoms with van der Waals surface area (Å²) in [4.78, 5) is 82.4. The van der Waals surface area contributed by atoms with E-state index >= 15 is 4.79 Å². The van der Waals surface area contributed by atoms with Crippen molar-refractivity contribution in [1.29, 1.82) is 0 Å². The van der Waals surface area contributed by atoms with E-state index in [1.165, 1.54) is 13.8 Å². The Bertz CT molecular complexity index is 2320. The first kappa shape index (κ1) is 48.4. The van der Waals surface area contributed by atoms with Gasteiger partial charge in [-0.05, 0) is 80.9 Å². The van der Waals surface area contributed by atoms with E-state index < -0.39 is 112 Å². The summed E-state index contributed by atoms with van der Waals surface area (Å²) in [6.07, 6.45) is -4.97. The largest absolute Gasteiger partial charge is 0.465 e. The van der Waals surface area contributed by atoms with Gasteiger partial charge in [0.05, 0.1) is 23.6 Å². The fraction of sp³-hybridized carbons (Fsp3) is 0.569. The van der Waals surface area contributed by atoms with Crippen LogP contribution in [0.2, 0.25) is 0 Å². The lowest BCUT2D eigenvalue weighted by molar-refractivity contribution is -0.357. The normalized spacial score (nSPS) is 32.4. The van der Waals surface area contributed by atoms with Gasteiger partial charge in [0.1, 0.15) is 48.1 Å². The van der Waals surface area contributed by atoms with Crippen LogP contribution in [0, 0.1) is 28.1 Å². The average Bonchev–Trinajstić information content (AvgIpc) is 3.99. The molecule has 1 heterocycles. The molecule has 2 aromatic carbocycles. The number of ether oxygens (including phenoxy) is 7. The van der Waals surface area contributed by atoms with Crippen LogP contribution in [-0.4, -0.2) is 95.5 Å². The van der Waals surface area contributed by atoms with Gasteiger partial charge in [0, 0.05) is 37.5 Å². The van der Waals surface area contributed by atoms with Gasteiger partial charge in [0.2, 0.25) is 0 Å². The zero-order valence-corrected chi connectivity index (χ0v) is 39.5. The Labute approximate surface area is 385 Å². The van der Waals surface area contributed by atoms with E-state index in [2.05, 4.69) is 11.9 Å². The summed E-state index contributed by atoms with van der Waals surface area (Å²) in [6.45, 7) is 20.4. The van der Waals surface area contributed by atoms with E-state index in [1.807, 2.05) is 6.92 Å². The molecular weight excluding hydrogens is 851 g/mol. The van der Waals surface area contributed by atoms with Crippen molar-refractivity contribution in [2.75, 3.05) is 13.2 Å². The van der Waals surface area contributed by atoms with Gasteiger partial charge in [-0.1, -0.05) is 82.8 Å². The Hall–Kier alpha value is -5.54. The lowest BCUT2D eigenvalue weighted by Crippen LogP contribution is -2.81. The number of nitrogens with one attached hydrogen (secondary N) is 1. The Morgan fingerprint density at radius 1 is 0.909 bits per heavy atom. The summed E-state index contributed by atoms with van der Waals surface area (Å²) in [6, 6.07) is 15.8. The lowest BCUT2D eigenvalue weighted by atomic mass is 9.42. The molecule has 1 spiro atoms. The number of benzene rings is 2. The maximum atomic E-state index is 15.1. The molecule has 1 saturated heterocycles. The summed E-state index contributed by atoms with van der Waals surface area (Å²) >= 11 is 0. The standard InChI is InChI=1S/C51H63NO14/c1-12-38(55)60-26-35(40(32-19-15-13-16-20-32)52-45(58)66-46(6,7)8)43(57)63-36-25-50(59)44(64-42(56)33-21-17-14-18-22-33)48(11)49(24-34(49)23-37-51(48,27-61-37)65-31(5)54)29(3)41(62-30(4)53)39(28(36)2)47(50,9)10/h13-22,34-37,40-41,44,59H,3,12,23-27H2,1-2,4-11H3,(H,52,58)/t34-,35-,36+,37-,40+,41+,44+,48+,49-,50-,51+/m1/s1. The fourth-order valence-electron chi connectivity index (χ4n) is 11.8. The first-order valence-electron chi connectivity index (χ1n) is 22.7. The number of amides is 1. The van der Waals surface area contributed by atoms with Gasteiger partial charge in [-0.25, -0.2) is 9.59 Å². The monoisotopic (exact) mass is 913 g/mol. The van der Waals surface area contributed by atoms with E-state index in [0.29, 0.717) is 35.1 Å². The van der Waals surface area contributed by atoms with Gasteiger partial charge in [0.25, 0.3) is 0 Å². The molecule has 3 saturated carbocycles. The number of rotatable bonds is 12. The number of carbonyl (C=O) groups excluding carboxylic acids is 6. The number of alkyl carbamates (subject to hydrolysis) is 1. The van der Waals surface area contributed by atoms with Crippen LogP contribution < -0.4 is 5.32 Å². The molecule has 356 valence electrons. The van der Waals surface area contributed by atoms with Crippen molar-refractivity contribution in [3.05, 3.63) is 95.1 Å². The van der Waals surface area contributed by atoms with Gasteiger partial charge in [-0.15, -0.1) is 0 Å². The van der Waals surface area contributed by atoms with Crippen LogP contribution in [0.25, 0.3) is 0 Å². The number of hydrogen-bond donors (Lipinski definition) is 2. The van der Waals surface area contributed by atoms with E-state index in [-0.39, 0.29) is 30.9 Å². The SMILES string of the molecule is C=C1[C@H](OC(C)=O)C2=C(C)[C@@H](OC(=O)[C@H](COC(=O)CC)[C@@H](NC(=O)OC(C)(C)C)c3ccccc3)C[C@@](O)([C@@H](OC(=O)c3ccccc3)[C@]3(C)[C@]4(OC(C)=O)CO[C@@H]4C[C@@H]4C[C@@]143)C2(C)C. The van der Waals surface area contributed by atoms with Gasteiger partial charge < -0.3 is 43.6 Å². The van der Waals surface area contributed by atoms with Gasteiger partial charge >= 0.3 is 35.9 Å². The highest BCUT2D eigenvalue weighted by molar-refractivity contribution is 5.89. The van der Waals surface area contributed by atoms with E-state index in [4.69, 9.17) is 33.2 Å². The molecule has 0 unspecified atom stereocenters. The lowest BCUT2D eigenvalue weighted by Gasteiger charge is -2.69. The highest BCUT2D eigenvalue weighted by Crippen LogP contribution is 2.82. The Morgan fingerprint density at radius 2 is 1.55 bits per heavy atom. The number of hydrogen-bond acceptors (Lipinski definition) is 14. The number of esters is 5. The minimum Gasteiger partial charge on any atom is -0.465 e. The molecule has 1 aliphatic heterocycles. The van der Waals surface area contributed by atoms with Crippen LogP contribution in [0.1, 0.15) is 117 Å². The Balaban J connectivity index is 1.42. The third kappa shape index (κ3) is 7.88. The minimum atomic E-state index is -2.19. The summed E-state index contributed by atoms with van der Waals surface area (Å²) in [5.74, 6) is -5.09. The van der Waals surface area contributed by atoms with Crippen LogP contribution >= 0.6 is 0 Å². The molecule has 15 heteroatoms. The second-order valence-corrected chi connectivity index (χ2v) is 20.2. The predicted molar refractivity (Wildman–Crippen MR) is 237 cm³/mol. The Kier molecular flexibility index (Phi) is 12.7. The first-order valence-corrected chi connectivity index (χ1v) is 22.7. The molecule has 66 heavy (non-hydrogen) atoms. The van der Waals surface area contributed by atoms with E-state index in [1.54, 1.807) is 109 Å². The maximum Gasteiger partial charge on any atom is 0.408 e. The molecular formula is C51H63NO14. The second kappa shape index (κ2) is 17.3. The van der Waals surface area contributed by atoms with Crippen molar-refractivity contribution in [2.24, 2.45) is 28.1 Å². The molecule has 2 aromatic rings. The molecule has 0 aromatic heterocycles. The highest BCUT2D eigenvalue weighted by Gasteiger charge is 2.88. The molecule has 15 nitrogen and oxygen atoms in total. The molecule has 5 aliphatic rings. The van der Waals surface area contributed by atoms with Crippen LogP contribution in [-0.2, 0) is 52.3 Å². The molecule has 0 radical (unpaired) electrons. The minimum absolute atomic E-state index is 0.000424. The van der Waals surface area contributed by atoms with Crippen molar-refractivity contribution < 1.29 is 67.0 Å². The zero-order valence-electron chi connectivity index (χ0n) is 39.5. The molecule has 1 amide bonds. The zero-order chi connectivity index (χ0) is 48.4. The van der Waals surface area contributed by atoms with Crippen LogP contribution in [0.4, 0.5) is 4.79 Å². The highest BCUT2D eigenvalue weighted by atomic mass is 16.6. The van der Waals surface area contributed by atoms with Gasteiger partial charge in [-0.3, -0.25) is 19.2 Å². The van der Waals surface area contributed by atoms with Crippen LogP contribution in [0.3, 0.4) is 0 Å². The molecule has 4 fully saturated rings. The molecule has 11 atom stereocenters. The quantitative estimate of drug-likeness (QED) is 0.125. The van der Waals surface area contributed by atoms with E-state index in [9.17, 15) is 29.1 Å². The third-order valence-corrected chi connectivity index (χ3v) is 15.0. The van der Waals surface area contributed by atoms with Crippen molar-refractivity contribution in [3.63, 3.8) is 0 Å². The first-order chi connectivity index (χ1) is 30.9. The predicted octanol–water partition coefficient (Wildman–Crippen LogP) is 7.06. The maximum absolute atomic E-state index is 15.1. The molecule has 7 rings (SSSR count). The van der Waals surface area contributed by atoms with Gasteiger partial charge in [0.15, 0.2) is 5.60 Å². The molecule has 4 aliphatic carbocycles. The number of fused-ring (bicyclic) bond motifs is 4. The summed E-state index contributed by atoms with van der Waals surface area (Å²) in [5.41, 5.74) is -6.60.